The van der Waals surface area contributed by atoms with Crippen molar-refractivity contribution in [3.63, 3.8) is 0 Å². The van der Waals surface area contributed by atoms with Gasteiger partial charge in [0.05, 0.1) is 6.61 Å². The van der Waals surface area contributed by atoms with Gasteiger partial charge in [-0.3, -0.25) is 0 Å². The largest absolute Gasteiger partial charge is 0.391 e. The average Bonchev–Trinajstić information content (AvgIpc) is 2.40. The minimum atomic E-state index is -0.369. The summed E-state index contributed by atoms with van der Waals surface area (Å²) in [6, 6.07) is 12.9. The average molecular weight is 259 g/mol. The van der Waals surface area contributed by atoms with Gasteiger partial charge in [0.25, 0.3) is 0 Å². The molecule has 100 valence electrons. The summed E-state index contributed by atoms with van der Waals surface area (Å²) >= 11 is 0. The highest BCUT2D eigenvalue weighted by Crippen LogP contribution is 2.30. The van der Waals surface area contributed by atoms with Gasteiger partial charge in [-0.25, -0.2) is 4.39 Å². The van der Waals surface area contributed by atoms with Gasteiger partial charge in [-0.2, -0.15) is 0 Å². The van der Waals surface area contributed by atoms with E-state index in [0.717, 1.165) is 16.9 Å². The molecule has 0 atom stereocenters. The summed E-state index contributed by atoms with van der Waals surface area (Å²) in [6.07, 6.45) is 0. The molecule has 2 aromatic rings. The summed E-state index contributed by atoms with van der Waals surface area (Å²) in [5.41, 5.74) is 3.21. The maximum atomic E-state index is 13.8. The Balaban J connectivity index is 2.51. The number of aryl methyl sites for hydroxylation is 1. The van der Waals surface area contributed by atoms with Crippen molar-refractivity contribution in [3.05, 3.63) is 59.4 Å². The number of nitrogens with zero attached hydrogens (tertiary/aromatic N) is 1. The molecule has 0 aliphatic carbocycles. The van der Waals surface area contributed by atoms with Crippen LogP contribution in [0, 0.1) is 12.7 Å². The summed E-state index contributed by atoms with van der Waals surface area (Å²) in [7, 11) is 0. The third-order valence-electron chi connectivity index (χ3n) is 3.17. The molecule has 0 saturated heterocycles. The van der Waals surface area contributed by atoms with Gasteiger partial charge >= 0.3 is 0 Å². The molecule has 19 heavy (non-hydrogen) atoms. The van der Waals surface area contributed by atoms with Crippen LogP contribution in [0.3, 0.4) is 0 Å². The van der Waals surface area contributed by atoms with Crippen LogP contribution in [-0.4, -0.2) is 11.7 Å². The van der Waals surface area contributed by atoms with Crippen molar-refractivity contribution in [1.82, 2.24) is 0 Å². The number of hydrogen-bond acceptors (Lipinski definition) is 2. The van der Waals surface area contributed by atoms with E-state index < -0.39 is 0 Å². The molecule has 2 aromatic carbocycles. The van der Waals surface area contributed by atoms with Gasteiger partial charge in [0.1, 0.15) is 5.82 Å². The predicted octanol–water partition coefficient (Wildman–Crippen LogP) is 3.78. The third kappa shape index (κ3) is 2.76. The first-order valence-corrected chi connectivity index (χ1v) is 6.39. The van der Waals surface area contributed by atoms with Crippen LogP contribution in [0.15, 0.2) is 42.5 Å². The molecule has 0 spiro atoms. The standard InChI is InChI=1S/C16H18FNO/c1-3-18(13-7-4-6-12(2)10-13)16-9-5-8-15(17)14(16)11-19/h4-10,19H,3,11H2,1-2H3. The summed E-state index contributed by atoms with van der Waals surface area (Å²) < 4.78 is 13.8. The highest BCUT2D eigenvalue weighted by atomic mass is 19.1. The first kappa shape index (κ1) is 13.6. The van der Waals surface area contributed by atoms with Crippen molar-refractivity contribution in [2.75, 3.05) is 11.4 Å². The number of rotatable bonds is 4. The lowest BCUT2D eigenvalue weighted by Crippen LogP contribution is -2.18. The molecule has 0 amide bonds. The van der Waals surface area contributed by atoms with E-state index in [-0.39, 0.29) is 12.4 Å². The SMILES string of the molecule is CCN(c1cccc(C)c1)c1cccc(F)c1CO. The second-order valence-electron chi connectivity index (χ2n) is 4.48. The molecule has 0 unspecified atom stereocenters. The van der Waals surface area contributed by atoms with E-state index in [1.165, 1.54) is 6.07 Å². The van der Waals surface area contributed by atoms with Crippen molar-refractivity contribution in [2.24, 2.45) is 0 Å². The summed E-state index contributed by atoms with van der Waals surface area (Å²) in [4.78, 5) is 2.00. The second kappa shape index (κ2) is 5.85. The van der Waals surface area contributed by atoms with Crippen LogP contribution in [-0.2, 0) is 6.61 Å². The molecule has 0 aliphatic heterocycles. The highest BCUT2D eigenvalue weighted by molar-refractivity contribution is 5.67. The Kier molecular flexibility index (Phi) is 4.17. The van der Waals surface area contributed by atoms with Crippen molar-refractivity contribution < 1.29 is 9.50 Å². The number of benzene rings is 2. The van der Waals surface area contributed by atoms with Crippen LogP contribution < -0.4 is 4.90 Å². The van der Waals surface area contributed by atoms with Gasteiger partial charge in [0.15, 0.2) is 0 Å². The van der Waals surface area contributed by atoms with E-state index >= 15 is 0 Å². The van der Waals surface area contributed by atoms with Crippen molar-refractivity contribution in [2.45, 2.75) is 20.5 Å². The first-order chi connectivity index (χ1) is 9.17. The van der Waals surface area contributed by atoms with Gasteiger partial charge in [0.2, 0.25) is 0 Å². The summed E-state index contributed by atoms with van der Waals surface area (Å²) in [6.45, 7) is 4.44. The van der Waals surface area contributed by atoms with E-state index in [2.05, 4.69) is 6.07 Å². The quantitative estimate of drug-likeness (QED) is 0.903. The zero-order valence-corrected chi connectivity index (χ0v) is 11.2. The second-order valence-corrected chi connectivity index (χ2v) is 4.48. The van der Waals surface area contributed by atoms with Gasteiger partial charge in [-0.05, 0) is 43.7 Å². The monoisotopic (exact) mass is 259 g/mol. The first-order valence-electron chi connectivity index (χ1n) is 6.39. The molecule has 0 heterocycles. The lowest BCUT2D eigenvalue weighted by atomic mass is 10.1. The minimum absolute atomic E-state index is 0.301. The Morgan fingerprint density at radius 1 is 1.16 bits per heavy atom. The van der Waals surface area contributed by atoms with Crippen LogP contribution in [0.2, 0.25) is 0 Å². The van der Waals surface area contributed by atoms with Crippen molar-refractivity contribution in [1.29, 1.82) is 0 Å². The lowest BCUT2D eigenvalue weighted by Gasteiger charge is -2.26. The van der Waals surface area contributed by atoms with Crippen LogP contribution in [0.4, 0.5) is 15.8 Å². The van der Waals surface area contributed by atoms with Crippen molar-refractivity contribution >= 4 is 11.4 Å². The summed E-state index contributed by atoms with van der Waals surface area (Å²) in [5.74, 6) is -0.369. The number of hydrogen-bond donors (Lipinski definition) is 1. The molecular formula is C16H18FNO. The molecule has 0 bridgehead atoms. The van der Waals surface area contributed by atoms with Crippen LogP contribution >= 0.6 is 0 Å². The number of aliphatic hydroxyl groups excluding tert-OH is 1. The molecule has 0 radical (unpaired) electrons. The molecule has 1 N–H and O–H groups in total. The molecule has 0 saturated carbocycles. The van der Waals surface area contributed by atoms with Gasteiger partial charge < -0.3 is 10.0 Å². The van der Waals surface area contributed by atoms with Crippen LogP contribution in [0.1, 0.15) is 18.1 Å². The molecule has 0 fully saturated rings. The maximum Gasteiger partial charge on any atom is 0.130 e. The number of halogens is 1. The maximum absolute atomic E-state index is 13.8. The van der Waals surface area contributed by atoms with Gasteiger partial charge in [-0.1, -0.05) is 18.2 Å². The Morgan fingerprint density at radius 2 is 1.89 bits per heavy atom. The molecule has 2 rings (SSSR count). The Labute approximate surface area is 113 Å². The van der Waals surface area contributed by atoms with Gasteiger partial charge in [-0.15, -0.1) is 0 Å². The fourth-order valence-electron chi connectivity index (χ4n) is 2.24. The van der Waals surface area contributed by atoms with Gasteiger partial charge in [0, 0.05) is 23.5 Å². The van der Waals surface area contributed by atoms with Crippen LogP contribution in [0.25, 0.3) is 0 Å². The molecule has 0 aliphatic rings. The smallest absolute Gasteiger partial charge is 0.130 e. The highest BCUT2D eigenvalue weighted by Gasteiger charge is 2.14. The molecule has 0 aromatic heterocycles. The normalized spacial score (nSPS) is 10.5. The summed E-state index contributed by atoms with van der Waals surface area (Å²) in [5, 5.41) is 9.38. The van der Waals surface area contributed by atoms with Crippen molar-refractivity contribution in [3.8, 4) is 0 Å². The number of aliphatic hydroxyl groups is 1. The molecule has 2 nitrogen and oxygen atoms in total. The zero-order valence-electron chi connectivity index (χ0n) is 11.2. The Morgan fingerprint density at radius 3 is 2.53 bits per heavy atom. The fraction of sp³-hybridized carbons (Fsp3) is 0.250. The number of anilines is 2. The van der Waals surface area contributed by atoms with E-state index in [1.807, 2.05) is 43.0 Å². The molecular weight excluding hydrogens is 241 g/mol. The minimum Gasteiger partial charge on any atom is -0.391 e. The fourth-order valence-corrected chi connectivity index (χ4v) is 2.24. The predicted molar refractivity (Wildman–Crippen MR) is 76.2 cm³/mol. The Hall–Kier alpha value is -1.87. The molecule has 3 heteroatoms. The lowest BCUT2D eigenvalue weighted by molar-refractivity contribution is 0.276. The van der Waals surface area contributed by atoms with E-state index in [1.54, 1.807) is 6.07 Å². The van der Waals surface area contributed by atoms with E-state index in [9.17, 15) is 9.50 Å². The Bertz CT molecular complexity index is 568. The third-order valence-corrected chi connectivity index (χ3v) is 3.17. The van der Waals surface area contributed by atoms with E-state index in [0.29, 0.717) is 12.1 Å². The zero-order chi connectivity index (χ0) is 13.8. The topological polar surface area (TPSA) is 23.5 Å². The van der Waals surface area contributed by atoms with Crippen LogP contribution in [0.5, 0.6) is 0 Å². The van der Waals surface area contributed by atoms with E-state index in [4.69, 9.17) is 0 Å².